The molecule has 1 aromatic heterocycles. The van der Waals surface area contributed by atoms with Gasteiger partial charge >= 0.3 is 0 Å². The predicted octanol–water partition coefficient (Wildman–Crippen LogP) is 7.03. The van der Waals surface area contributed by atoms with Crippen molar-refractivity contribution in [3.8, 4) is 17.2 Å². The Kier molecular flexibility index (Phi) is 8.64. The average molecular weight is 711 g/mol. The van der Waals surface area contributed by atoms with Gasteiger partial charge in [0.15, 0.2) is 0 Å². The molecule has 0 radical (unpaired) electrons. The van der Waals surface area contributed by atoms with Gasteiger partial charge in [-0.15, -0.1) is 0 Å². The number of imide groups is 2. The first-order chi connectivity index (χ1) is 25.5. The third-order valence-corrected chi connectivity index (χ3v) is 11.6. The molecule has 11 heteroatoms. The molecular weight excluding hydrogens is 668 g/mol. The molecule has 3 aromatic carbocycles. The summed E-state index contributed by atoms with van der Waals surface area (Å²) in [7, 11) is 0. The molecule has 3 fully saturated rings. The maximum atomic E-state index is 13.4. The van der Waals surface area contributed by atoms with Gasteiger partial charge in [-0.3, -0.25) is 29.4 Å². The van der Waals surface area contributed by atoms with Crippen molar-refractivity contribution in [2.24, 2.45) is 5.92 Å². The number of amides is 4. The molecule has 0 spiro atoms. The molecule has 1 unspecified atom stereocenters. The largest absolute Gasteiger partial charge is 0.382 e. The standard InChI is InChI=1S/C42H42N6O5/c1-24-4-7-28(38-25(2)46-53-26(38)3)20-36(24)47(32-13-8-29(9-14-32)42(23-43)18-19-42)22-27-5-10-30(11-6-27)44-31-12-15-33-34(21-31)41(52)48(40(33)51)35-16-17-37(49)45-39(35)50/h4,7-9,12-15,20-21,27,30,35,44H,5-6,10-11,16-19,22H2,1-3H3,(H,45,49,50)/t27-,30-,35?. The van der Waals surface area contributed by atoms with E-state index in [2.05, 4.69) is 76.1 Å². The summed E-state index contributed by atoms with van der Waals surface area (Å²) in [6.45, 7) is 6.88. The zero-order valence-electron chi connectivity index (χ0n) is 30.2. The van der Waals surface area contributed by atoms with Gasteiger partial charge in [-0.2, -0.15) is 5.26 Å². The number of carbonyl (C=O) groups is 4. The van der Waals surface area contributed by atoms with Crippen molar-refractivity contribution in [2.45, 2.75) is 89.6 Å². The van der Waals surface area contributed by atoms with Crippen molar-refractivity contribution in [1.82, 2.24) is 15.4 Å². The van der Waals surface area contributed by atoms with E-state index < -0.39 is 29.7 Å². The molecule has 2 N–H and O–H groups in total. The molecule has 2 aliphatic carbocycles. The maximum absolute atomic E-state index is 13.4. The number of nitriles is 1. The van der Waals surface area contributed by atoms with Crippen LogP contribution in [0.2, 0.25) is 0 Å². The number of fused-ring (bicyclic) bond motifs is 1. The summed E-state index contributed by atoms with van der Waals surface area (Å²) in [6.07, 6.45) is 5.89. The summed E-state index contributed by atoms with van der Waals surface area (Å²) in [5.74, 6) is -0.813. The predicted molar refractivity (Wildman–Crippen MR) is 199 cm³/mol. The number of aromatic nitrogens is 1. The van der Waals surface area contributed by atoms with Crippen LogP contribution in [-0.4, -0.2) is 52.3 Å². The zero-order chi connectivity index (χ0) is 37.0. The topological polar surface area (TPSA) is 149 Å². The van der Waals surface area contributed by atoms with E-state index in [1.54, 1.807) is 12.1 Å². The van der Waals surface area contributed by atoms with Crippen LogP contribution in [0.5, 0.6) is 0 Å². The molecule has 11 nitrogen and oxygen atoms in total. The first-order valence-corrected chi connectivity index (χ1v) is 18.5. The fraction of sp³-hybridized carbons (Fsp3) is 0.381. The van der Waals surface area contributed by atoms with E-state index in [1.165, 1.54) is 0 Å². The smallest absolute Gasteiger partial charge is 0.262 e. The minimum atomic E-state index is -0.987. The monoisotopic (exact) mass is 710 g/mol. The molecule has 0 bridgehead atoms. The lowest BCUT2D eigenvalue weighted by molar-refractivity contribution is -0.136. The summed E-state index contributed by atoms with van der Waals surface area (Å²) in [6, 6.07) is 22.0. The number of nitrogens with one attached hydrogen (secondary N) is 2. The first kappa shape index (κ1) is 34.3. The summed E-state index contributed by atoms with van der Waals surface area (Å²) in [5, 5.41) is 19.9. The molecule has 1 saturated heterocycles. The van der Waals surface area contributed by atoms with Crippen LogP contribution < -0.4 is 15.5 Å². The Morgan fingerprint density at radius 2 is 1.66 bits per heavy atom. The second-order valence-corrected chi connectivity index (χ2v) is 15.1. The summed E-state index contributed by atoms with van der Waals surface area (Å²) in [4.78, 5) is 54.1. The van der Waals surface area contributed by atoms with Gasteiger partial charge in [-0.25, -0.2) is 0 Å². The number of aryl methyl sites for hydroxylation is 3. The third-order valence-electron chi connectivity index (χ3n) is 11.6. The molecule has 4 amide bonds. The Labute approximate surface area is 308 Å². The molecule has 270 valence electrons. The Balaban J connectivity index is 0.982. The van der Waals surface area contributed by atoms with E-state index in [9.17, 15) is 24.4 Å². The lowest BCUT2D eigenvalue weighted by Crippen LogP contribution is -2.54. The number of hydrogen-bond acceptors (Lipinski definition) is 9. The third kappa shape index (κ3) is 6.26. The molecule has 1 atom stereocenters. The quantitative estimate of drug-likeness (QED) is 0.175. The summed E-state index contributed by atoms with van der Waals surface area (Å²) < 4.78 is 5.51. The van der Waals surface area contributed by atoms with E-state index in [4.69, 9.17) is 4.52 Å². The van der Waals surface area contributed by atoms with Crippen LogP contribution in [0.1, 0.15) is 94.7 Å². The number of anilines is 3. The summed E-state index contributed by atoms with van der Waals surface area (Å²) >= 11 is 0. The van der Waals surface area contributed by atoms with Gasteiger partial charge in [0.1, 0.15) is 11.8 Å². The molecule has 4 aromatic rings. The second-order valence-electron chi connectivity index (χ2n) is 15.1. The number of rotatable bonds is 9. The maximum Gasteiger partial charge on any atom is 0.262 e. The SMILES string of the molecule is Cc1ccc(-c2c(C)noc2C)cc1N(C[C@H]1CC[C@H](Nc2ccc3c(c2)C(=O)N(C2CCC(=O)NC2=O)C3=O)CC1)c1ccc(C2(C#N)CC2)cc1. The Morgan fingerprint density at radius 1 is 0.925 bits per heavy atom. The van der Waals surface area contributed by atoms with Crippen molar-refractivity contribution in [1.29, 1.82) is 5.26 Å². The van der Waals surface area contributed by atoms with Crippen molar-refractivity contribution in [3.05, 3.63) is 94.4 Å². The van der Waals surface area contributed by atoms with Gasteiger partial charge in [-0.1, -0.05) is 29.4 Å². The molecule has 2 aliphatic heterocycles. The average Bonchev–Trinajstić information content (AvgIpc) is 3.84. The number of benzene rings is 3. The van der Waals surface area contributed by atoms with Crippen LogP contribution in [0.3, 0.4) is 0 Å². The van der Waals surface area contributed by atoms with Gasteiger partial charge in [0.05, 0.1) is 28.3 Å². The minimum Gasteiger partial charge on any atom is -0.382 e. The number of carbonyl (C=O) groups excluding carboxylic acids is 4. The van der Waals surface area contributed by atoms with E-state index in [1.807, 2.05) is 19.9 Å². The van der Waals surface area contributed by atoms with Crippen molar-refractivity contribution >= 4 is 40.7 Å². The van der Waals surface area contributed by atoms with Gasteiger partial charge in [0.2, 0.25) is 11.8 Å². The highest BCUT2D eigenvalue weighted by molar-refractivity contribution is 6.23. The van der Waals surface area contributed by atoms with Gasteiger partial charge in [0.25, 0.3) is 11.8 Å². The molecule has 2 saturated carbocycles. The van der Waals surface area contributed by atoms with Crippen molar-refractivity contribution in [2.75, 3.05) is 16.8 Å². The fourth-order valence-electron chi connectivity index (χ4n) is 8.39. The number of nitrogens with zero attached hydrogens (tertiary/aromatic N) is 4. The Hall–Kier alpha value is -5.76. The lowest BCUT2D eigenvalue weighted by Gasteiger charge is -2.35. The Bertz CT molecular complexity index is 2170. The van der Waals surface area contributed by atoms with Crippen molar-refractivity contribution < 1.29 is 23.7 Å². The van der Waals surface area contributed by atoms with Crippen LogP contribution in [0, 0.1) is 38.0 Å². The zero-order valence-corrected chi connectivity index (χ0v) is 30.2. The van der Waals surface area contributed by atoms with Crippen LogP contribution >= 0.6 is 0 Å². The van der Waals surface area contributed by atoms with Crippen molar-refractivity contribution in [3.63, 3.8) is 0 Å². The molecule has 4 aliphatic rings. The number of hydrogen-bond donors (Lipinski definition) is 2. The fourth-order valence-corrected chi connectivity index (χ4v) is 8.39. The molecular formula is C42H42N6O5. The Morgan fingerprint density at radius 3 is 2.32 bits per heavy atom. The van der Waals surface area contributed by atoms with Gasteiger partial charge < -0.3 is 14.7 Å². The van der Waals surface area contributed by atoms with E-state index in [0.29, 0.717) is 5.92 Å². The summed E-state index contributed by atoms with van der Waals surface area (Å²) in [5.41, 5.74) is 8.36. The van der Waals surface area contributed by atoms with E-state index >= 15 is 0 Å². The lowest BCUT2D eigenvalue weighted by atomic mass is 9.85. The van der Waals surface area contributed by atoms with E-state index in [0.717, 1.165) is 101 Å². The first-order valence-electron chi connectivity index (χ1n) is 18.5. The molecule has 3 heterocycles. The highest BCUT2D eigenvalue weighted by Gasteiger charge is 2.46. The normalized spacial score (nSPS) is 21.9. The van der Waals surface area contributed by atoms with Crippen LogP contribution in [0.15, 0.2) is 65.2 Å². The van der Waals surface area contributed by atoms with Crippen LogP contribution in [0.25, 0.3) is 11.1 Å². The molecule has 8 rings (SSSR count). The second kappa shape index (κ2) is 13.3. The number of piperidine rings is 1. The highest BCUT2D eigenvalue weighted by atomic mass is 16.5. The highest BCUT2D eigenvalue weighted by Crippen LogP contribution is 2.48. The van der Waals surface area contributed by atoms with Gasteiger partial charge in [0, 0.05) is 41.6 Å². The van der Waals surface area contributed by atoms with E-state index in [-0.39, 0.29) is 35.4 Å². The van der Waals surface area contributed by atoms with Gasteiger partial charge in [-0.05, 0) is 125 Å². The van der Waals surface area contributed by atoms with Crippen LogP contribution in [-0.2, 0) is 15.0 Å². The minimum absolute atomic E-state index is 0.0840. The van der Waals surface area contributed by atoms with Crippen LogP contribution in [0.4, 0.5) is 17.1 Å². The molecule has 53 heavy (non-hydrogen) atoms.